The van der Waals surface area contributed by atoms with Crippen molar-refractivity contribution in [1.82, 2.24) is 4.98 Å². The number of anilines is 2. The zero-order chi connectivity index (χ0) is 17.9. The van der Waals surface area contributed by atoms with Crippen molar-refractivity contribution in [1.29, 1.82) is 0 Å². The predicted octanol–water partition coefficient (Wildman–Crippen LogP) is 5.29. The van der Waals surface area contributed by atoms with Crippen molar-refractivity contribution >= 4 is 40.6 Å². The average molecular weight is 381 g/mol. The maximum atomic E-state index is 13.2. The first kappa shape index (κ1) is 17.1. The fourth-order valence-corrected chi connectivity index (χ4v) is 4.24. The SMILES string of the molecule is O=C(CSc1ncccc1Cl)N1c2ccccc2CCc2ccccc21. The minimum absolute atomic E-state index is 0.0264. The first-order valence-corrected chi connectivity index (χ1v) is 9.82. The van der Waals surface area contributed by atoms with Crippen molar-refractivity contribution in [3.8, 4) is 0 Å². The third kappa shape index (κ3) is 3.35. The molecule has 0 radical (unpaired) electrons. The lowest BCUT2D eigenvalue weighted by Gasteiger charge is -2.25. The quantitative estimate of drug-likeness (QED) is 0.579. The molecule has 0 aliphatic carbocycles. The smallest absolute Gasteiger partial charge is 0.241 e. The number of hydrogen-bond acceptors (Lipinski definition) is 3. The van der Waals surface area contributed by atoms with E-state index in [4.69, 9.17) is 11.6 Å². The van der Waals surface area contributed by atoms with Crippen LogP contribution in [-0.4, -0.2) is 16.6 Å². The normalized spacial score (nSPS) is 12.9. The molecule has 130 valence electrons. The Balaban J connectivity index is 1.68. The fourth-order valence-electron chi connectivity index (χ4n) is 3.22. The molecule has 3 nitrogen and oxygen atoms in total. The zero-order valence-electron chi connectivity index (χ0n) is 14.1. The van der Waals surface area contributed by atoms with E-state index < -0.39 is 0 Å². The van der Waals surface area contributed by atoms with Gasteiger partial charge in [0.2, 0.25) is 5.91 Å². The Hall–Kier alpha value is -2.30. The number of nitrogens with zero attached hydrogens (tertiary/aromatic N) is 2. The third-order valence-corrected chi connectivity index (χ3v) is 5.84. The Morgan fingerprint density at radius 2 is 1.58 bits per heavy atom. The monoisotopic (exact) mass is 380 g/mol. The first-order chi connectivity index (χ1) is 12.7. The molecule has 26 heavy (non-hydrogen) atoms. The zero-order valence-corrected chi connectivity index (χ0v) is 15.6. The van der Waals surface area contributed by atoms with Crippen LogP contribution >= 0.6 is 23.4 Å². The van der Waals surface area contributed by atoms with Crippen molar-refractivity contribution in [2.24, 2.45) is 0 Å². The van der Waals surface area contributed by atoms with Crippen LogP contribution in [-0.2, 0) is 17.6 Å². The number of rotatable bonds is 3. The van der Waals surface area contributed by atoms with E-state index >= 15 is 0 Å². The highest BCUT2D eigenvalue weighted by molar-refractivity contribution is 8.00. The van der Waals surface area contributed by atoms with E-state index in [1.54, 1.807) is 18.3 Å². The largest absolute Gasteiger partial charge is 0.280 e. The summed E-state index contributed by atoms with van der Waals surface area (Å²) in [5, 5.41) is 1.25. The molecule has 0 spiro atoms. The van der Waals surface area contributed by atoms with Crippen LogP contribution in [0, 0.1) is 0 Å². The summed E-state index contributed by atoms with van der Waals surface area (Å²) in [6, 6.07) is 19.8. The van der Waals surface area contributed by atoms with Gasteiger partial charge in [0, 0.05) is 6.20 Å². The molecular weight excluding hydrogens is 364 g/mol. The van der Waals surface area contributed by atoms with E-state index in [0.717, 1.165) is 24.2 Å². The van der Waals surface area contributed by atoms with Crippen LogP contribution in [0.4, 0.5) is 11.4 Å². The first-order valence-electron chi connectivity index (χ1n) is 8.46. The molecule has 4 rings (SSSR count). The molecule has 0 fully saturated rings. The number of para-hydroxylation sites is 2. The van der Waals surface area contributed by atoms with E-state index in [2.05, 4.69) is 17.1 Å². The molecule has 0 bridgehead atoms. The van der Waals surface area contributed by atoms with Crippen molar-refractivity contribution in [3.63, 3.8) is 0 Å². The van der Waals surface area contributed by atoms with Crippen LogP contribution in [0.15, 0.2) is 71.9 Å². The highest BCUT2D eigenvalue weighted by atomic mass is 35.5. The van der Waals surface area contributed by atoms with Gasteiger partial charge in [-0.15, -0.1) is 0 Å². The van der Waals surface area contributed by atoms with Crippen LogP contribution in [0.1, 0.15) is 11.1 Å². The number of pyridine rings is 1. The van der Waals surface area contributed by atoms with Crippen LogP contribution in [0.5, 0.6) is 0 Å². The van der Waals surface area contributed by atoms with Crippen LogP contribution < -0.4 is 4.90 Å². The van der Waals surface area contributed by atoms with E-state index in [-0.39, 0.29) is 11.7 Å². The number of hydrogen-bond donors (Lipinski definition) is 0. The number of aromatic nitrogens is 1. The van der Waals surface area contributed by atoms with Gasteiger partial charge < -0.3 is 0 Å². The molecule has 5 heteroatoms. The van der Waals surface area contributed by atoms with Gasteiger partial charge in [0.15, 0.2) is 0 Å². The fraction of sp³-hybridized carbons (Fsp3) is 0.143. The Morgan fingerprint density at radius 1 is 0.962 bits per heavy atom. The van der Waals surface area contributed by atoms with Gasteiger partial charge in [-0.3, -0.25) is 9.69 Å². The number of aryl methyl sites for hydroxylation is 2. The molecule has 1 aliphatic rings. The number of carbonyl (C=O) groups excluding carboxylic acids is 1. The number of thioether (sulfide) groups is 1. The van der Waals surface area contributed by atoms with E-state index in [0.29, 0.717) is 10.0 Å². The molecule has 0 unspecified atom stereocenters. The van der Waals surface area contributed by atoms with Crippen molar-refractivity contribution in [3.05, 3.63) is 83.0 Å². The van der Waals surface area contributed by atoms with Gasteiger partial charge in [0.1, 0.15) is 5.03 Å². The number of carbonyl (C=O) groups is 1. The van der Waals surface area contributed by atoms with Crippen LogP contribution in [0.2, 0.25) is 5.02 Å². The average Bonchev–Trinajstić information content (AvgIpc) is 2.84. The summed E-state index contributed by atoms with van der Waals surface area (Å²) in [6.07, 6.45) is 3.54. The third-order valence-electron chi connectivity index (χ3n) is 4.44. The molecule has 1 amide bonds. The van der Waals surface area contributed by atoms with E-state index in [1.165, 1.54) is 22.9 Å². The summed E-state index contributed by atoms with van der Waals surface area (Å²) < 4.78 is 0. The Morgan fingerprint density at radius 3 is 2.19 bits per heavy atom. The molecule has 1 aliphatic heterocycles. The summed E-state index contributed by atoms with van der Waals surface area (Å²) in [4.78, 5) is 19.3. The minimum atomic E-state index is 0.0264. The van der Waals surface area contributed by atoms with Crippen molar-refractivity contribution in [2.75, 3.05) is 10.7 Å². The summed E-state index contributed by atoms with van der Waals surface area (Å²) in [5.74, 6) is 0.304. The maximum absolute atomic E-state index is 13.2. The van der Waals surface area contributed by atoms with E-state index in [1.807, 2.05) is 41.3 Å². The van der Waals surface area contributed by atoms with Gasteiger partial charge in [0.05, 0.1) is 22.2 Å². The standard InChI is InChI=1S/C21H17ClN2OS/c22-17-8-5-13-23-21(17)26-14-20(25)24-18-9-3-1-6-15(18)11-12-16-7-2-4-10-19(16)24/h1-10,13H,11-12,14H2. The van der Waals surface area contributed by atoms with Gasteiger partial charge in [0.25, 0.3) is 0 Å². The minimum Gasteiger partial charge on any atom is -0.280 e. The summed E-state index contributed by atoms with van der Waals surface area (Å²) in [7, 11) is 0. The van der Waals surface area contributed by atoms with Crippen LogP contribution in [0.25, 0.3) is 0 Å². The predicted molar refractivity (Wildman–Crippen MR) is 107 cm³/mol. The number of benzene rings is 2. The van der Waals surface area contributed by atoms with Crippen molar-refractivity contribution in [2.45, 2.75) is 17.9 Å². The lowest BCUT2D eigenvalue weighted by molar-refractivity contribution is -0.115. The van der Waals surface area contributed by atoms with Crippen molar-refractivity contribution < 1.29 is 4.79 Å². The highest BCUT2D eigenvalue weighted by Crippen LogP contribution is 2.37. The van der Waals surface area contributed by atoms with Gasteiger partial charge >= 0.3 is 0 Å². The number of amides is 1. The summed E-state index contributed by atoms with van der Waals surface area (Å²) in [6.45, 7) is 0. The second-order valence-electron chi connectivity index (χ2n) is 6.07. The Labute approximate surface area is 162 Å². The Bertz CT molecular complexity index is 913. The highest BCUT2D eigenvalue weighted by Gasteiger charge is 2.25. The van der Waals surface area contributed by atoms with Gasteiger partial charge in [-0.25, -0.2) is 4.98 Å². The molecule has 2 heterocycles. The molecule has 0 atom stereocenters. The summed E-state index contributed by atoms with van der Waals surface area (Å²) >= 11 is 7.54. The molecule has 3 aromatic rings. The lowest BCUT2D eigenvalue weighted by Crippen LogP contribution is -2.28. The summed E-state index contributed by atoms with van der Waals surface area (Å²) in [5.41, 5.74) is 4.32. The molecule has 0 saturated carbocycles. The maximum Gasteiger partial charge on any atom is 0.241 e. The second kappa shape index (κ2) is 7.52. The Kier molecular flexibility index (Phi) is 4.96. The topological polar surface area (TPSA) is 33.2 Å². The van der Waals surface area contributed by atoms with Gasteiger partial charge in [-0.1, -0.05) is 59.8 Å². The molecule has 0 N–H and O–H groups in total. The molecule has 2 aromatic carbocycles. The van der Waals surface area contributed by atoms with Crippen LogP contribution in [0.3, 0.4) is 0 Å². The number of halogens is 1. The number of fused-ring (bicyclic) bond motifs is 2. The van der Waals surface area contributed by atoms with Gasteiger partial charge in [-0.2, -0.15) is 0 Å². The molecule has 1 aromatic heterocycles. The van der Waals surface area contributed by atoms with E-state index in [9.17, 15) is 4.79 Å². The lowest BCUT2D eigenvalue weighted by atomic mass is 10.0. The van der Waals surface area contributed by atoms with Gasteiger partial charge in [-0.05, 0) is 48.2 Å². The second-order valence-corrected chi connectivity index (χ2v) is 7.44. The molecular formula is C21H17ClN2OS. The molecule has 0 saturated heterocycles.